The second kappa shape index (κ2) is 8.95. The Bertz CT molecular complexity index is 992. The van der Waals surface area contributed by atoms with Gasteiger partial charge in [-0.25, -0.2) is 0 Å². The van der Waals surface area contributed by atoms with Crippen molar-refractivity contribution in [1.82, 2.24) is 9.80 Å². The highest BCUT2D eigenvalue weighted by atomic mass is 79.9. The molecule has 0 N–H and O–H groups in total. The summed E-state index contributed by atoms with van der Waals surface area (Å²) in [4.78, 5) is 27.5. The number of benzene rings is 2. The largest absolute Gasteiger partial charge is 0.487 e. The van der Waals surface area contributed by atoms with Crippen LogP contribution in [-0.2, 0) is 16.2 Å². The number of carbonyl (C=O) groups is 2. The van der Waals surface area contributed by atoms with Crippen LogP contribution in [0.2, 0.25) is 5.02 Å². The van der Waals surface area contributed by atoms with Crippen molar-refractivity contribution >= 4 is 78.7 Å². The van der Waals surface area contributed by atoms with E-state index in [4.69, 9.17) is 28.6 Å². The predicted octanol–water partition coefficient (Wildman–Crippen LogP) is 5.04. The van der Waals surface area contributed by atoms with Crippen LogP contribution in [0.4, 0.5) is 0 Å². The van der Waals surface area contributed by atoms with E-state index < -0.39 is 11.8 Å². The Morgan fingerprint density at radius 3 is 2.07 bits per heavy atom. The maximum absolute atomic E-state index is 12.5. The lowest BCUT2D eigenvalue weighted by atomic mass is 10.1. The molecule has 150 valence electrons. The van der Waals surface area contributed by atoms with Crippen molar-refractivity contribution in [3.63, 3.8) is 0 Å². The number of halogens is 3. The minimum Gasteiger partial charge on any atom is -0.487 e. The molecule has 3 rings (SSSR count). The quantitative estimate of drug-likeness (QED) is 0.300. The van der Waals surface area contributed by atoms with Gasteiger partial charge in [0, 0.05) is 19.1 Å². The second-order valence-corrected chi connectivity index (χ2v) is 8.81. The Morgan fingerprint density at radius 2 is 1.55 bits per heavy atom. The Kier molecular flexibility index (Phi) is 6.78. The normalized spacial score (nSPS) is 14.5. The van der Waals surface area contributed by atoms with Crippen molar-refractivity contribution < 1.29 is 14.3 Å². The fourth-order valence-electron chi connectivity index (χ4n) is 2.68. The summed E-state index contributed by atoms with van der Waals surface area (Å²) in [6.07, 6.45) is 1.54. The molecule has 0 spiro atoms. The zero-order valence-electron chi connectivity index (χ0n) is 15.4. The fourth-order valence-corrected chi connectivity index (χ4v) is 4.42. The molecule has 5 nitrogen and oxygen atoms in total. The van der Waals surface area contributed by atoms with Crippen LogP contribution in [-0.4, -0.2) is 40.8 Å². The first-order chi connectivity index (χ1) is 13.7. The van der Waals surface area contributed by atoms with Gasteiger partial charge in [0.2, 0.25) is 0 Å². The van der Waals surface area contributed by atoms with Gasteiger partial charge in [-0.3, -0.25) is 19.4 Å². The number of amides is 2. The molecule has 9 heteroatoms. The summed E-state index contributed by atoms with van der Waals surface area (Å²) in [5.74, 6) is -0.263. The average Bonchev–Trinajstić information content (AvgIpc) is 2.69. The monoisotopic (exact) mass is 556 g/mol. The molecule has 0 bridgehead atoms. The van der Waals surface area contributed by atoms with Gasteiger partial charge in [-0.2, -0.15) is 0 Å². The smallest absolute Gasteiger partial charge is 0.265 e. The highest BCUT2D eigenvalue weighted by Gasteiger charge is 2.35. The summed E-state index contributed by atoms with van der Waals surface area (Å²) in [5, 5.41) is 0.836. The molecule has 0 radical (unpaired) electrons. The zero-order chi connectivity index (χ0) is 21.3. The maximum atomic E-state index is 12.5. The molecule has 2 amide bonds. The first-order valence-electron chi connectivity index (χ1n) is 8.37. The maximum Gasteiger partial charge on any atom is 0.265 e. The third kappa shape index (κ3) is 4.71. The van der Waals surface area contributed by atoms with Crippen LogP contribution in [0.5, 0.6) is 5.75 Å². The van der Waals surface area contributed by atoms with Gasteiger partial charge in [-0.1, -0.05) is 23.7 Å². The number of rotatable bonds is 4. The van der Waals surface area contributed by atoms with E-state index >= 15 is 0 Å². The number of thiocarbonyl (C=S) groups is 1. The molecule has 2 aromatic carbocycles. The molecular weight excluding hydrogens is 544 g/mol. The number of nitrogens with zero attached hydrogens (tertiary/aromatic N) is 2. The van der Waals surface area contributed by atoms with Crippen LogP contribution in [0.25, 0.3) is 6.08 Å². The van der Waals surface area contributed by atoms with Gasteiger partial charge in [-0.05, 0) is 85.5 Å². The number of hydrogen-bond donors (Lipinski definition) is 0. The Morgan fingerprint density at radius 1 is 1.03 bits per heavy atom. The Labute approximate surface area is 195 Å². The van der Waals surface area contributed by atoms with E-state index in [1.165, 1.54) is 15.9 Å². The first-order valence-corrected chi connectivity index (χ1v) is 10.7. The summed E-state index contributed by atoms with van der Waals surface area (Å²) >= 11 is 18.0. The van der Waals surface area contributed by atoms with Gasteiger partial charge in [0.25, 0.3) is 11.8 Å². The highest BCUT2D eigenvalue weighted by molar-refractivity contribution is 9.11. The van der Waals surface area contributed by atoms with Crippen LogP contribution >= 0.6 is 55.7 Å². The van der Waals surface area contributed by atoms with Crippen LogP contribution < -0.4 is 4.74 Å². The number of hydrogen-bond acceptors (Lipinski definition) is 4. The van der Waals surface area contributed by atoms with E-state index in [0.29, 0.717) is 31.9 Å². The lowest BCUT2D eigenvalue weighted by Gasteiger charge is -2.31. The van der Waals surface area contributed by atoms with Gasteiger partial charge in [-0.15, -0.1) is 0 Å². The standard InChI is InChI=1S/C20H15Br2ClN2O3S/c1-24-18(26)14(19(27)25(2)20(24)29)7-12-8-15(21)17(16(22)9-12)28-10-11-3-5-13(23)6-4-11/h3-9H,10H2,1-2H3. The SMILES string of the molecule is CN1C(=O)C(=Cc2cc(Br)c(OCc3ccc(Cl)cc3)c(Br)c2)C(=O)N(C)C1=S. The van der Waals surface area contributed by atoms with Crippen LogP contribution in [0.1, 0.15) is 11.1 Å². The molecule has 1 aliphatic rings. The number of ether oxygens (including phenoxy) is 1. The molecule has 2 aromatic rings. The second-order valence-electron chi connectivity index (χ2n) is 6.30. The minimum absolute atomic E-state index is 0.0391. The molecule has 1 aliphatic heterocycles. The van der Waals surface area contributed by atoms with Gasteiger partial charge >= 0.3 is 0 Å². The van der Waals surface area contributed by atoms with Gasteiger partial charge in [0.1, 0.15) is 17.9 Å². The molecule has 0 aromatic heterocycles. The van der Waals surface area contributed by atoms with Gasteiger partial charge in [0.15, 0.2) is 5.11 Å². The molecule has 0 saturated carbocycles. The lowest BCUT2D eigenvalue weighted by Crippen LogP contribution is -2.52. The molecule has 1 fully saturated rings. The average molecular weight is 559 g/mol. The van der Waals surface area contributed by atoms with E-state index in [2.05, 4.69) is 31.9 Å². The predicted molar refractivity (Wildman–Crippen MR) is 124 cm³/mol. The summed E-state index contributed by atoms with van der Waals surface area (Å²) in [6, 6.07) is 10.9. The minimum atomic E-state index is -0.437. The lowest BCUT2D eigenvalue weighted by molar-refractivity contribution is -0.132. The van der Waals surface area contributed by atoms with Crippen LogP contribution in [0.15, 0.2) is 50.9 Å². The van der Waals surface area contributed by atoms with E-state index in [1.54, 1.807) is 38.4 Å². The van der Waals surface area contributed by atoms with Crippen molar-refractivity contribution in [3.8, 4) is 5.75 Å². The molecule has 0 atom stereocenters. The number of likely N-dealkylation sites (N-methyl/N-ethyl adjacent to an activating group) is 2. The molecule has 1 saturated heterocycles. The van der Waals surface area contributed by atoms with Crippen molar-refractivity contribution in [2.45, 2.75) is 6.61 Å². The Hall–Kier alpha value is -1.74. The molecule has 1 heterocycles. The van der Waals surface area contributed by atoms with Crippen LogP contribution in [0, 0.1) is 0 Å². The zero-order valence-corrected chi connectivity index (χ0v) is 20.2. The van der Waals surface area contributed by atoms with Gasteiger partial charge in [0.05, 0.1) is 8.95 Å². The highest BCUT2D eigenvalue weighted by Crippen LogP contribution is 2.36. The van der Waals surface area contributed by atoms with E-state index in [0.717, 1.165) is 5.56 Å². The first kappa shape index (κ1) is 22.0. The topological polar surface area (TPSA) is 49.9 Å². The summed E-state index contributed by atoms with van der Waals surface area (Å²) in [6.45, 7) is 0.360. The van der Waals surface area contributed by atoms with E-state index in [9.17, 15) is 9.59 Å². The van der Waals surface area contributed by atoms with Crippen molar-refractivity contribution in [2.75, 3.05) is 14.1 Å². The van der Waals surface area contributed by atoms with Crippen LogP contribution in [0.3, 0.4) is 0 Å². The molecule has 0 unspecified atom stereocenters. The van der Waals surface area contributed by atoms with Crippen molar-refractivity contribution in [3.05, 3.63) is 67.1 Å². The molecular formula is C20H15Br2ClN2O3S. The van der Waals surface area contributed by atoms with E-state index in [-0.39, 0.29) is 10.7 Å². The molecule has 29 heavy (non-hydrogen) atoms. The summed E-state index contributed by atoms with van der Waals surface area (Å²) in [5.41, 5.74) is 1.67. The molecule has 0 aliphatic carbocycles. The fraction of sp³-hybridized carbons (Fsp3) is 0.150. The van der Waals surface area contributed by atoms with Crippen molar-refractivity contribution in [2.24, 2.45) is 0 Å². The number of carbonyl (C=O) groups excluding carboxylic acids is 2. The Balaban J connectivity index is 1.86. The third-order valence-corrected chi connectivity index (χ3v) is 6.25. The van der Waals surface area contributed by atoms with Gasteiger partial charge < -0.3 is 4.74 Å². The third-order valence-electron chi connectivity index (χ3n) is 4.27. The van der Waals surface area contributed by atoms with Crippen molar-refractivity contribution in [1.29, 1.82) is 0 Å². The summed E-state index contributed by atoms with van der Waals surface area (Å²) in [7, 11) is 3.09. The summed E-state index contributed by atoms with van der Waals surface area (Å²) < 4.78 is 7.27. The van der Waals surface area contributed by atoms with E-state index in [1.807, 2.05) is 12.1 Å².